The van der Waals surface area contributed by atoms with Crippen molar-refractivity contribution in [3.8, 4) is 0 Å². The third-order valence-electron chi connectivity index (χ3n) is 7.11. The van der Waals surface area contributed by atoms with Crippen LogP contribution < -0.4 is 16.0 Å². The van der Waals surface area contributed by atoms with Gasteiger partial charge in [0.25, 0.3) is 5.91 Å². The number of carboxylic acid groups (broad SMARTS) is 1. The van der Waals surface area contributed by atoms with Gasteiger partial charge in [-0.05, 0) is 54.8 Å². The summed E-state index contributed by atoms with van der Waals surface area (Å²) in [6.45, 7) is 0.281. The lowest BCUT2D eigenvalue weighted by atomic mass is 9.83. The van der Waals surface area contributed by atoms with Crippen LogP contribution in [0.1, 0.15) is 34.3 Å². The largest absolute Gasteiger partial charge is 0.465 e. The van der Waals surface area contributed by atoms with Gasteiger partial charge in [0, 0.05) is 34.8 Å². The molecule has 2 aliphatic heterocycles. The van der Waals surface area contributed by atoms with Gasteiger partial charge < -0.3 is 20.1 Å². The van der Waals surface area contributed by atoms with Crippen LogP contribution in [0.2, 0.25) is 5.02 Å². The van der Waals surface area contributed by atoms with Gasteiger partial charge >= 0.3 is 12.2 Å². The molecule has 5 rings (SSSR count). The Balaban J connectivity index is 1.41. The number of nitrogens with one attached hydrogen (secondary N) is 3. The Labute approximate surface area is 239 Å². The topological polar surface area (TPSA) is 137 Å². The third-order valence-corrected chi connectivity index (χ3v) is 7.33. The SMILES string of the molecule is O=C(O)Nc1ccc(C(=O)N[C@@H](Cc2ccccc2)C(=O)N2CCC[C@@]3(C2)OC(=O)Nc2c(F)cc(Cl)cc23)cc1. The van der Waals surface area contributed by atoms with Crippen molar-refractivity contribution < 1.29 is 33.4 Å². The van der Waals surface area contributed by atoms with E-state index in [9.17, 15) is 23.6 Å². The zero-order valence-electron chi connectivity index (χ0n) is 21.7. The zero-order valence-corrected chi connectivity index (χ0v) is 22.4. The lowest BCUT2D eigenvalue weighted by Gasteiger charge is -2.45. The van der Waals surface area contributed by atoms with E-state index in [-0.39, 0.29) is 34.9 Å². The Bertz CT molecular complexity index is 1500. The Kier molecular flexibility index (Phi) is 7.80. The van der Waals surface area contributed by atoms with Gasteiger partial charge in [-0.3, -0.25) is 20.2 Å². The fourth-order valence-corrected chi connectivity index (χ4v) is 5.48. The Hall–Kier alpha value is -4.64. The Morgan fingerprint density at radius 3 is 2.56 bits per heavy atom. The number of hydrogen-bond donors (Lipinski definition) is 4. The molecule has 10 nitrogen and oxygen atoms in total. The second-order valence-electron chi connectivity index (χ2n) is 9.91. The summed E-state index contributed by atoms with van der Waals surface area (Å²) >= 11 is 6.14. The van der Waals surface area contributed by atoms with E-state index >= 15 is 0 Å². The van der Waals surface area contributed by atoms with Crippen molar-refractivity contribution >= 4 is 47.0 Å². The molecule has 0 aliphatic carbocycles. The summed E-state index contributed by atoms with van der Waals surface area (Å²) in [5.74, 6) is -1.63. The number of rotatable bonds is 6. The average Bonchev–Trinajstić information content (AvgIpc) is 2.94. The predicted molar refractivity (Wildman–Crippen MR) is 148 cm³/mol. The van der Waals surface area contributed by atoms with Crippen LogP contribution in [-0.2, 0) is 21.6 Å². The van der Waals surface area contributed by atoms with Crippen molar-refractivity contribution in [3.05, 3.63) is 94.3 Å². The standard InChI is InChI=1S/C29H26ClFN4O6/c30-19-14-21-24(22(31)15-19)34-28(40)41-29(21)11-4-12-35(16-29)26(37)23(13-17-5-2-1-3-6-17)33-25(36)18-7-9-20(10-8-18)32-27(38)39/h1-3,5-10,14-15,23,32H,4,11-13,16H2,(H,33,36)(H,34,40)(H,38,39)/t23-,29-/m0/s1. The number of carbonyl (C=O) groups is 4. The highest BCUT2D eigenvalue weighted by Gasteiger charge is 2.48. The summed E-state index contributed by atoms with van der Waals surface area (Å²) in [6, 6.07) is 16.6. The van der Waals surface area contributed by atoms with E-state index in [1.54, 1.807) is 0 Å². The van der Waals surface area contributed by atoms with Crippen LogP contribution >= 0.6 is 11.6 Å². The molecule has 41 heavy (non-hydrogen) atoms. The van der Waals surface area contributed by atoms with E-state index in [2.05, 4.69) is 16.0 Å². The first kappa shape index (κ1) is 27.9. The number of likely N-dealkylation sites (tertiary alicyclic amines) is 1. The van der Waals surface area contributed by atoms with Crippen LogP contribution in [0, 0.1) is 5.82 Å². The molecule has 212 valence electrons. The minimum absolute atomic E-state index is 0.0325. The third kappa shape index (κ3) is 6.09. The highest BCUT2D eigenvalue weighted by Crippen LogP contribution is 2.44. The molecule has 2 heterocycles. The van der Waals surface area contributed by atoms with Gasteiger partial charge in [0.05, 0.1) is 12.2 Å². The summed E-state index contributed by atoms with van der Waals surface area (Å²) in [5.41, 5.74) is 0.330. The molecule has 0 radical (unpaired) electrons. The number of amides is 4. The van der Waals surface area contributed by atoms with Gasteiger partial charge in [-0.15, -0.1) is 0 Å². The number of anilines is 2. The van der Waals surface area contributed by atoms with Crippen LogP contribution in [0.3, 0.4) is 0 Å². The molecule has 4 N–H and O–H groups in total. The van der Waals surface area contributed by atoms with Crippen molar-refractivity contribution in [2.24, 2.45) is 0 Å². The molecule has 1 fully saturated rings. The molecular formula is C29H26ClFN4O6. The van der Waals surface area contributed by atoms with Crippen molar-refractivity contribution in [1.29, 1.82) is 0 Å². The molecule has 1 spiro atoms. The highest BCUT2D eigenvalue weighted by atomic mass is 35.5. The molecule has 12 heteroatoms. The summed E-state index contributed by atoms with van der Waals surface area (Å²) in [6.07, 6.45) is -1.07. The van der Waals surface area contributed by atoms with Crippen LogP contribution in [0.5, 0.6) is 0 Å². The smallest absolute Gasteiger partial charge is 0.412 e. The van der Waals surface area contributed by atoms with Gasteiger partial charge in [0.2, 0.25) is 5.91 Å². The minimum atomic E-state index is -1.31. The van der Waals surface area contributed by atoms with Crippen LogP contribution in [0.4, 0.5) is 25.4 Å². The Morgan fingerprint density at radius 1 is 1.12 bits per heavy atom. The maximum Gasteiger partial charge on any atom is 0.412 e. The molecular weight excluding hydrogens is 555 g/mol. The quantitative estimate of drug-likeness (QED) is 0.324. The number of fused-ring (bicyclic) bond motifs is 2. The van der Waals surface area contributed by atoms with Crippen molar-refractivity contribution in [3.63, 3.8) is 0 Å². The lowest BCUT2D eigenvalue weighted by Crippen LogP contribution is -2.57. The second kappa shape index (κ2) is 11.5. The van der Waals surface area contributed by atoms with Gasteiger partial charge in [-0.25, -0.2) is 14.0 Å². The normalized spacial score (nSPS) is 18.5. The molecule has 0 bridgehead atoms. The molecule has 2 aliphatic rings. The number of nitrogens with zero attached hydrogens (tertiary/aromatic N) is 1. The van der Waals surface area contributed by atoms with E-state index < -0.39 is 41.5 Å². The number of benzene rings is 3. The van der Waals surface area contributed by atoms with E-state index in [0.717, 1.165) is 11.6 Å². The average molecular weight is 581 g/mol. The molecule has 0 unspecified atom stereocenters. The first-order valence-corrected chi connectivity index (χ1v) is 13.2. The molecule has 1 saturated heterocycles. The van der Waals surface area contributed by atoms with Crippen molar-refractivity contribution in [1.82, 2.24) is 10.2 Å². The van der Waals surface area contributed by atoms with Crippen LogP contribution in [0.25, 0.3) is 0 Å². The molecule has 3 aromatic rings. The van der Waals surface area contributed by atoms with Gasteiger partial charge in [-0.2, -0.15) is 0 Å². The number of piperidine rings is 1. The van der Waals surface area contributed by atoms with Gasteiger partial charge in [-0.1, -0.05) is 41.9 Å². The van der Waals surface area contributed by atoms with Crippen molar-refractivity contribution in [2.75, 3.05) is 23.7 Å². The van der Waals surface area contributed by atoms with E-state index in [4.69, 9.17) is 21.4 Å². The lowest BCUT2D eigenvalue weighted by molar-refractivity contribution is -0.141. The summed E-state index contributed by atoms with van der Waals surface area (Å²) < 4.78 is 20.5. The van der Waals surface area contributed by atoms with E-state index in [0.29, 0.717) is 24.9 Å². The minimum Gasteiger partial charge on any atom is -0.465 e. The van der Waals surface area contributed by atoms with E-state index in [1.807, 2.05) is 30.3 Å². The Morgan fingerprint density at radius 2 is 1.85 bits per heavy atom. The number of halogens is 2. The maximum atomic E-state index is 14.7. The summed E-state index contributed by atoms with van der Waals surface area (Å²) in [4.78, 5) is 52.0. The maximum absolute atomic E-state index is 14.7. The zero-order chi connectivity index (χ0) is 29.1. The molecule has 0 aromatic heterocycles. The first-order chi connectivity index (χ1) is 19.6. The number of hydrogen-bond acceptors (Lipinski definition) is 5. The molecule has 2 atom stereocenters. The monoisotopic (exact) mass is 580 g/mol. The van der Waals surface area contributed by atoms with Crippen molar-refractivity contribution in [2.45, 2.75) is 30.9 Å². The van der Waals surface area contributed by atoms with Crippen LogP contribution in [0.15, 0.2) is 66.7 Å². The van der Waals surface area contributed by atoms with Gasteiger partial charge in [0.15, 0.2) is 5.60 Å². The fraction of sp³-hybridized carbons (Fsp3) is 0.241. The molecule has 0 saturated carbocycles. The highest BCUT2D eigenvalue weighted by molar-refractivity contribution is 6.30. The summed E-state index contributed by atoms with van der Waals surface area (Å²) in [5, 5.41) is 16.4. The fourth-order valence-electron chi connectivity index (χ4n) is 5.27. The molecule has 3 aromatic carbocycles. The summed E-state index contributed by atoms with van der Waals surface area (Å²) in [7, 11) is 0. The van der Waals surface area contributed by atoms with Crippen LogP contribution in [-0.4, -0.2) is 53.1 Å². The van der Waals surface area contributed by atoms with Gasteiger partial charge in [0.1, 0.15) is 11.9 Å². The molecule has 4 amide bonds. The number of carbonyl (C=O) groups excluding carboxylic acids is 3. The number of ether oxygens (including phenoxy) is 1. The first-order valence-electron chi connectivity index (χ1n) is 12.9. The van der Waals surface area contributed by atoms with E-state index in [1.165, 1.54) is 35.2 Å². The predicted octanol–water partition coefficient (Wildman–Crippen LogP) is 4.99. The second-order valence-corrected chi connectivity index (χ2v) is 10.3.